The van der Waals surface area contributed by atoms with Crippen molar-refractivity contribution in [3.8, 4) is 5.75 Å². The van der Waals surface area contributed by atoms with Crippen molar-refractivity contribution in [3.05, 3.63) is 54.4 Å². The molecule has 0 spiro atoms. The number of nitrogens with zero attached hydrogens (tertiary/aromatic N) is 1. The third-order valence-corrected chi connectivity index (χ3v) is 4.69. The zero-order valence-corrected chi connectivity index (χ0v) is 14.2. The number of pyridine rings is 1. The lowest BCUT2D eigenvalue weighted by Crippen LogP contribution is -2.35. The van der Waals surface area contributed by atoms with Crippen LogP contribution in [-0.2, 0) is 16.2 Å². The Hall–Kier alpha value is -2.89. The normalized spacial score (nSPS) is 20.6. The Balaban J connectivity index is 1.68. The Morgan fingerprint density at radius 1 is 1.24 bits per heavy atom. The summed E-state index contributed by atoms with van der Waals surface area (Å²) in [6.45, 7) is 3.88. The molecule has 0 saturated heterocycles. The molecule has 3 rings (SSSR count). The van der Waals surface area contributed by atoms with E-state index < -0.39 is 22.7 Å². The second-order valence-corrected chi connectivity index (χ2v) is 6.86. The second kappa shape index (κ2) is 6.20. The molecule has 2 N–H and O–H groups in total. The molecule has 1 aliphatic rings. The number of carboxylic acid groups (broad SMARTS) is 1. The molecule has 1 aliphatic carbocycles. The molecule has 1 atom stereocenters. The number of ether oxygens (including phenoxy) is 1. The van der Waals surface area contributed by atoms with Crippen molar-refractivity contribution in [1.82, 2.24) is 4.98 Å². The first-order chi connectivity index (χ1) is 11.8. The number of hydrogen-bond donors (Lipinski definition) is 2. The molecule has 130 valence electrons. The Kier molecular flexibility index (Phi) is 4.20. The van der Waals surface area contributed by atoms with Gasteiger partial charge >= 0.3 is 5.97 Å². The monoisotopic (exact) mass is 340 g/mol. The van der Waals surface area contributed by atoms with Gasteiger partial charge in [0.25, 0.3) is 0 Å². The number of carboxylic acids is 1. The van der Waals surface area contributed by atoms with Gasteiger partial charge in [0.05, 0.1) is 5.69 Å². The average Bonchev–Trinajstić information content (AvgIpc) is 3.19. The Morgan fingerprint density at radius 3 is 2.60 bits per heavy atom. The summed E-state index contributed by atoms with van der Waals surface area (Å²) in [6.07, 6.45) is 2.02. The number of carbonyl (C=O) groups excluding carboxylic acids is 1. The maximum absolute atomic E-state index is 12.5. The molecule has 1 amide bonds. The number of aliphatic carboxylic acids is 1. The van der Waals surface area contributed by atoms with Gasteiger partial charge in [0.15, 0.2) is 5.41 Å². The van der Waals surface area contributed by atoms with Crippen LogP contribution in [0, 0.1) is 10.8 Å². The first kappa shape index (κ1) is 17.0. The molecule has 1 aromatic carbocycles. The summed E-state index contributed by atoms with van der Waals surface area (Å²) >= 11 is 0. The molecule has 0 aliphatic heterocycles. The smallest absolute Gasteiger partial charge is 0.319 e. The van der Waals surface area contributed by atoms with Gasteiger partial charge in [0.2, 0.25) is 5.91 Å². The van der Waals surface area contributed by atoms with Crippen molar-refractivity contribution in [3.63, 3.8) is 0 Å². The second-order valence-electron chi connectivity index (χ2n) is 6.86. The highest BCUT2D eigenvalue weighted by Crippen LogP contribution is 2.64. The van der Waals surface area contributed by atoms with Crippen LogP contribution in [0.5, 0.6) is 5.75 Å². The summed E-state index contributed by atoms with van der Waals surface area (Å²) < 4.78 is 5.67. The van der Waals surface area contributed by atoms with Gasteiger partial charge in [-0.25, -0.2) is 0 Å². The van der Waals surface area contributed by atoms with Crippen molar-refractivity contribution in [2.75, 3.05) is 5.32 Å². The van der Waals surface area contributed by atoms with Crippen LogP contribution in [-0.4, -0.2) is 22.0 Å². The first-order valence-corrected chi connectivity index (χ1v) is 8.03. The molecule has 1 unspecified atom stereocenters. The molecule has 1 aromatic heterocycles. The fourth-order valence-corrected chi connectivity index (χ4v) is 3.01. The Bertz CT molecular complexity index is 804. The summed E-state index contributed by atoms with van der Waals surface area (Å²) in [6, 6.07) is 12.5. The zero-order chi connectivity index (χ0) is 18.1. The van der Waals surface area contributed by atoms with Gasteiger partial charge in [-0.3, -0.25) is 14.6 Å². The lowest BCUT2D eigenvalue weighted by Gasteiger charge is -2.16. The third kappa shape index (κ3) is 3.20. The van der Waals surface area contributed by atoms with Crippen LogP contribution >= 0.6 is 0 Å². The molecule has 1 fully saturated rings. The minimum absolute atomic E-state index is 0.310. The number of hydrogen-bond acceptors (Lipinski definition) is 4. The van der Waals surface area contributed by atoms with Crippen LogP contribution in [0.4, 0.5) is 5.69 Å². The fourth-order valence-electron chi connectivity index (χ4n) is 3.01. The number of benzene rings is 1. The van der Waals surface area contributed by atoms with Crippen molar-refractivity contribution >= 4 is 17.6 Å². The van der Waals surface area contributed by atoms with Gasteiger partial charge in [-0.15, -0.1) is 0 Å². The van der Waals surface area contributed by atoms with Crippen LogP contribution in [0.25, 0.3) is 0 Å². The van der Waals surface area contributed by atoms with Crippen LogP contribution in [0.2, 0.25) is 0 Å². The Labute approximate surface area is 145 Å². The minimum atomic E-state index is -1.36. The number of aromatic nitrogens is 1. The number of anilines is 1. The fraction of sp³-hybridized carbons (Fsp3) is 0.316. The molecule has 0 bridgehead atoms. The van der Waals surface area contributed by atoms with Gasteiger partial charge in [-0.1, -0.05) is 26.0 Å². The number of carbonyl (C=O) groups is 2. The number of amides is 1. The average molecular weight is 340 g/mol. The molecule has 1 heterocycles. The maximum Gasteiger partial charge on any atom is 0.319 e. The highest BCUT2D eigenvalue weighted by molar-refractivity contribution is 6.12. The van der Waals surface area contributed by atoms with Gasteiger partial charge < -0.3 is 15.2 Å². The molecular weight excluding hydrogens is 320 g/mol. The predicted octanol–water partition coefficient (Wildman–Crippen LogP) is 3.10. The van der Waals surface area contributed by atoms with Crippen molar-refractivity contribution < 1.29 is 19.4 Å². The van der Waals surface area contributed by atoms with E-state index in [9.17, 15) is 14.7 Å². The molecule has 6 heteroatoms. The number of rotatable bonds is 6. The highest BCUT2D eigenvalue weighted by atomic mass is 16.5. The van der Waals surface area contributed by atoms with E-state index in [0.29, 0.717) is 24.5 Å². The van der Waals surface area contributed by atoms with E-state index >= 15 is 0 Å². The standard InChI is InChI=1S/C19H20N2O4/c1-18(2)12-19(18,17(23)24)16(22)21-13-7-5-8-15(10-13)25-11-14-6-3-4-9-20-14/h3-10H,11-12H2,1-2H3,(H,21,22)(H,23,24). The van der Waals surface area contributed by atoms with Gasteiger partial charge in [0, 0.05) is 18.0 Å². The minimum Gasteiger partial charge on any atom is -0.487 e. The zero-order valence-electron chi connectivity index (χ0n) is 14.2. The van der Waals surface area contributed by atoms with Crippen molar-refractivity contribution in [2.45, 2.75) is 26.9 Å². The first-order valence-electron chi connectivity index (χ1n) is 8.03. The van der Waals surface area contributed by atoms with Gasteiger partial charge in [-0.05, 0) is 36.1 Å². The van der Waals surface area contributed by atoms with Crippen LogP contribution in [0.1, 0.15) is 26.0 Å². The molecule has 2 aromatic rings. The van der Waals surface area contributed by atoms with E-state index in [1.54, 1.807) is 44.3 Å². The SMILES string of the molecule is CC1(C)CC1(C(=O)O)C(=O)Nc1cccc(OCc2ccccn2)c1. The molecule has 6 nitrogen and oxygen atoms in total. The summed E-state index contributed by atoms with van der Waals surface area (Å²) in [4.78, 5) is 28.2. The summed E-state index contributed by atoms with van der Waals surface area (Å²) in [5.74, 6) is -1.01. The van der Waals surface area contributed by atoms with Crippen LogP contribution in [0.3, 0.4) is 0 Å². The van der Waals surface area contributed by atoms with Gasteiger partial charge in [-0.2, -0.15) is 0 Å². The maximum atomic E-state index is 12.5. The summed E-state index contributed by atoms with van der Waals surface area (Å²) in [5.41, 5.74) is -0.610. The molecule has 25 heavy (non-hydrogen) atoms. The topological polar surface area (TPSA) is 88.5 Å². The van der Waals surface area contributed by atoms with E-state index in [0.717, 1.165) is 5.69 Å². The number of nitrogens with one attached hydrogen (secondary N) is 1. The van der Waals surface area contributed by atoms with Crippen molar-refractivity contribution in [2.24, 2.45) is 10.8 Å². The largest absolute Gasteiger partial charge is 0.487 e. The van der Waals surface area contributed by atoms with E-state index in [1.165, 1.54) is 0 Å². The predicted molar refractivity (Wildman–Crippen MR) is 92.1 cm³/mol. The quantitative estimate of drug-likeness (QED) is 0.789. The molecule has 1 saturated carbocycles. The van der Waals surface area contributed by atoms with E-state index in [2.05, 4.69) is 10.3 Å². The summed E-state index contributed by atoms with van der Waals surface area (Å²) in [7, 11) is 0. The van der Waals surface area contributed by atoms with Gasteiger partial charge in [0.1, 0.15) is 12.4 Å². The van der Waals surface area contributed by atoms with E-state index in [4.69, 9.17) is 4.74 Å². The summed E-state index contributed by atoms with van der Waals surface area (Å²) in [5, 5.41) is 12.2. The molecular formula is C19H20N2O4. The van der Waals surface area contributed by atoms with Crippen LogP contribution < -0.4 is 10.1 Å². The third-order valence-electron chi connectivity index (χ3n) is 4.69. The highest BCUT2D eigenvalue weighted by Gasteiger charge is 2.72. The van der Waals surface area contributed by atoms with E-state index in [-0.39, 0.29) is 0 Å². The lowest BCUT2D eigenvalue weighted by atomic mass is 9.95. The molecule has 0 radical (unpaired) electrons. The van der Waals surface area contributed by atoms with E-state index in [1.807, 2.05) is 18.2 Å². The van der Waals surface area contributed by atoms with Crippen LogP contribution in [0.15, 0.2) is 48.7 Å². The lowest BCUT2D eigenvalue weighted by molar-refractivity contribution is -0.149. The van der Waals surface area contributed by atoms with Crippen molar-refractivity contribution in [1.29, 1.82) is 0 Å². The Morgan fingerprint density at radius 2 is 2.00 bits per heavy atom.